The smallest absolute Gasteiger partial charge is 0.151 e. The van der Waals surface area contributed by atoms with E-state index < -0.39 is 0 Å². The molecule has 0 amide bonds. The summed E-state index contributed by atoms with van der Waals surface area (Å²) < 4.78 is 3.37. The fourth-order valence-electron chi connectivity index (χ4n) is 1.84. The molecular weight excluding hydrogens is 232 g/mol. The number of nitrogens with zero attached hydrogens (tertiary/aromatic N) is 5. The average molecular weight is 244 g/mol. The van der Waals surface area contributed by atoms with Crippen LogP contribution in [0.5, 0.6) is 0 Å². The van der Waals surface area contributed by atoms with Gasteiger partial charge in [-0.3, -0.25) is 4.68 Å². The van der Waals surface area contributed by atoms with E-state index >= 15 is 0 Å². The molecule has 92 valence electrons. The number of nitrogens with two attached hydrogens (primary N) is 1. The van der Waals surface area contributed by atoms with Gasteiger partial charge >= 0.3 is 0 Å². The van der Waals surface area contributed by atoms with E-state index in [9.17, 15) is 0 Å². The second-order valence-electron chi connectivity index (χ2n) is 3.92. The van der Waals surface area contributed by atoms with Gasteiger partial charge in [-0.25, -0.2) is 9.50 Å². The van der Waals surface area contributed by atoms with Crippen LogP contribution in [0.4, 0.5) is 5.82 Å². The summed E-state index contributed by atoms with van der Waals surface area (Å²) in [5.41, 5.74) is 8.46. The maximum Gasteiger partial charge on any atom is 0.151 e. The van der Waals surface area contributed by atoms with Crippen molar-refractivity contribution in [1.82, 2.24) is 24.4 Å². The van der Waals surface area contributed by atoms with Crippen LogP contribution in [0.2, 0.25) is 0 Å². The molecule has 18 heavy (non-hydrogen) atoms. The predicted molar refractivity (Wildman–Crippen MR) is 65.7 cm³/mol. The van der Waals surface area contributed by atoms with Crippen LogP contribution in [0.1, 0.15) is 0 Å². The lowest BCUT2D eigenvalue weighted by molar-refractivity contribution is 0.269. The summed E-state index contributed by atoms with van der Waals surface area (Å²) in [5, 5.41) is 17.1. The normalized spacial score (nSPS) is 11.2. The molecule has 0 fully saturated rings. The van der Waals surface area contributed by atoms with Gasteiger partial charge in [-0.05, 0) is 6.07 Å². The number of aromatic nitrogens is 5. The number of aliphatic hydroxyl groups excluding tert-OH is 1. The quantitative estimate of drug-likeness (QED) is 0.684. The lowest BCUT2D eigenvalue weighted by Crippen LogP contribution is -2.01. The van der Waals surface area contributed by atoms with Gasteiger partial charge in [0.2, 0.25) is 0 Å². The zero-order valence-electron chi connectivity index (χ0n) is 9.56. The Balaban J connectivity index is 2.05. The Morgan fingerprint density at radius 2 is 2.11 bits per heavy atom. The highest BCUT2D eigenvalue weighted by Crippen LogP contribution is 2.23. The van der Waals surface area contributed by atoms with Crippen LogP contribution in [0.3, 0.4) is 0 Å². The molecule has 0 aliphatic carbocycles. The largest absolute Gasteiger partial charge is 0.394 e. The summed E-state index contributed by atoms with van der Waals surface area (Å²) in [6, 6.07) is 1.91. The zero-order chi connectivity index (χ0) is 12.5. The number of nitrogen functional groups attached to an aromatic ring is 1. The molecule has 0 aliphatic heterocycles. The number of hydrogen-bond acceptors (Lipinski definition) is 5. The summed E-state index contributed by atoms with van der Waals surface area (Å²) in [7, 11) is 0. The van der Waals surface area contributed by atoms with Crippen LogP contribution in [-0.2, 0) is 6.54 Å². The van der Waals surface area contributed by atoms with E-state index in [-0.39, 0.29) is 6.61 Å². The van der Waals surface area contributed by atoms with Crippen molar-refractivity contribution < 1.29 is 5.11 Å². The van der Waals surface area contributed by atoms with E-state index in [1.54, 1.807) is 15.4 Å². The summed E-state index contributed by atoms with van der Waals surface area (Å²) in [5.74, 6) is 0.444. The topological polar surface area (TPSA) is 94.3 Å². The molecule has 0 aromatic carbocycles. The minimum absolute atomic E-state index is 0.0667. The Morgan fingerprint density at radius 1 is 1.22 bits per heavy atom. The second kappa shape index (κ2) is 4.11. The Morgan fingerprint density at radius 3 is 2.89 bits per heavy atom. The summed E-state index contributed by atoms with van der Waals surface area (Å²) in [6.07, 6.45) is 6.90. The third-order valence-electron chi connectivity index (χ3n) is 2.73. The number of aliphatic hydroxyl groups is 1. The number of hydrogen-bond donors (Lipinski definition) is 2. The molecule has 0 unspecified atom stereocenters. The minimum Gasteiger partial charge on any atom is -0.394 e. The van der Waals surface area contributed by atoms with Crippen molar-refractivity contribution in [3.63, 3.8) is 0 Å². The van der Waals surface area contributed by atoms with Crippen molar-refractivity contribution in [2.75, 3.05) is 12.3 Å². The first-order chi connectivity index (χ1) is 8.78. The van der Waals surface area contributed by atoms with E-state index in [0.717, 1.165) is 16.6 Å². The summed E-state index contributed by atoms with van der Waals surface area (Å²) >= 11 is 0. The highest BCUT2D eigenvalue weighted by molar-refractivity contribution is 5.75. The Labute approximate surface area is 102 Å². The lowest BCUT2D eigenvalue weighted by Gasteiger charge is -1.94. The van der Waals surface area contributed by atoms with Crippen LogP contribution in [0.25, 0.3) is 16.6 Å². The van der Waals surface area contributed by atoms with Crippen LogP contribution in [-0.4, -0.2) is 36.1 Å². The maximum atomic E-state index is 8.85. The summed E-state index contributed by atoms with van der Waals surface area (Å²) in [4.78, 5) is 3.94. The molecule has 0 saturated heterocycles. The third-order valence-corrected chi connectivity index (χ3v) is 2.73. The fourth-order valence-corrected chi connectivity index (χ4v) is 1.84. The first-order valence-electron chi connectivity index (χ1n) is 5.50. The van der Waals surface area contributed by atoms with Gasteiger partial charge in [-0.15, -0.1) is 0 Å². The molecule has 7 nitrogen and oxygen atoms in total. The standard InChI is InChI=1S/C11H12N6O/c12-11-10-3-8(6-17(10)15-7-13-11)9-4-14-16(5-9)1-2-18/h3-7,18H,1-2H2,(H2,12,13,15). The molecule has 3 rings (SSSR count). The third kappa shape index (κ3) is 1.70. The summed E-state index contributed by atoms with van der Waals surface area (Å²) in [6.45, 7) is 0.548. The Bertz CT molecular complexity index is 686. The monoisotopic (exact) mass is 244 g/mol. The lowest BCUT2D eigenvalue weighted by atomic mass is 10.2. The minimum atomic E-state index is 0.0667. The van der Waals surface area contributed by atoms with Gasteiger partial charge in [-0.1, -0.05) is 0 Å². The van der Waals surface area contributed by atoms with Crippen molar-refractivity contribution in [2.24, 2.45) is 0 Å². The van der Waals surface area contributed by atoms with Gasteiger partial charge in [-0.2, -0.15) is 10.2 Å². The van der Waals surface area contributed by atoms with Crippen molar-refractivity contribution in [1.29, 1.82) is 0 Å². The first kappa shape index (κ1) is 10.7. The molecule has 0 aliphatic rings. The molecule has 0 spiro atoms. The van der Waals surface area contributed by atoms with Crippen molar-refractivity contribution in [3.05, 3.63) is 31.0 Å². The van der Waals surface area contributed by atoms with Gasteiger partial charge in [0.05, 0.1) is 19.3 Å². The first-order valence-corrected chi connectivity index (χ1v) is 5.50. The van der Waals surface area contributed by atoms with E-state index in [2.05, 4.69) is 15.2 Å². The number of anilines is 1. The van der Waals surface area contributed by atoms with Crippen molar-refractivity contribution >= 4 is 11.3 Å². The Hall–Kier alpha value is -2.41. The zero-order valence-corrected chi connectivity index (χ0v) is 9.56. The van der Waals surface area contributed by atoms with Crippen molar-refractivity contribution in [2.45, 2.75) is 6.54 Å². The van der Waals surface area contributed by atoms with E-state index in [0.29, 0.717) is 12.4 Å². The fraction of sp³-hybridized carbons (Fsp3) is 0.182. The highest BCUT2D eigenvalue weighted by Gasteiger charge is 2.07. The van der Waals surface area contributed by atoms with E-state index in [1.807, 2.05) is 18.5 Å². The molecule has 3 N–H and O–H groups in total. The average Bonchev–Trinajstić information content (AvgIpc) is 2.96. The SMILES string of the molecule is Nc1ncnn2cc(-c3cnn(CCO)c3)cc12. The molecule has 0 radical (unpaired) electrons. The molecule has 0 saturated carbocycles. The maximum absolute atomic E-state index is 8.85. The van der Waals surface area contributed by atoms with Crippen molar-refractivity contribution in [3.8, 4) is 11.1 Å². The van der Waals surface area contributed by atoms with Gasteiger partial charge in [0.15, 0.2) is 5.82 Å². The van der Waals surface area contributed by atoms with Crippen LogP contribution >= 0.6 is 0 Å². The van der Waals surface area contributed by atoms with Gasteiger partial charge in [0.25, 0.3) is 0 Å². The van der Waals surface area contributed by atoms with Crippen LogP contribution in [0.15, 0.2) is 31.0 Å². The van der Waals surface area contributed by atoms with E-state index in [1.165, 1.54) is 6.33 Å². The Kier molecular flexibility index (Phi) is 2.45. The van der Waals surface area contributed by atoms with E-state index in [4.69, 9.17) is 10.8 Å². The van der Waals surface area contributed by atoms with Gasteiger partial charge in [0, 0.05) is 23.5 Å². The predicted octanol–water partition coefficient (Wildman–Crippen LogP) is 0.167. The molecule has 7 heteroatoms. The van der Waals surface area contributed by atoms with Gasteiger partial charge < -0.3 is 10.8 Å². The molecule has 3 aromatic rings. The molecule has 3 heterocycles. The molecule has 0 atom stereocenters. The highest BCUT2D eigenvalue weighted by atomic mass is 16.3. The number of rotatable bonds is 3. The van der Waals surface area contributed by atoms with Gasteiger partial charge in [0.1, 0.15) is 11.8 Å². The second-order valence-corrected chi connectivity index (χ2v) is 3.92. The number of fused-ring (bicyclic) bond motifs is 1. The van der Waals surface area contributed by atoms with Crippen LogP contribution in [0, 0.1) is 0 Å². The van der Waals surface area contributed by atoms with Crippen LogP contribution < -0.4 is 5.73 Å². The molecule has 3 aromatic heterocycles. The molecular formula is C11H12N6O. The molecule has 0 bridgehead atoms.